The Kier molecular flexibility index (Phi) is 4.91. The van der Waals surface area contributed by atoms with Gasteiger partial charge in [0.25, 0.3) is 5.69 Å². The number of benzene rings is 2. The molecule has 0 aliphatic heterocycles. The van der Waals surface area contributed by atoms with Crippen LogP contribution in [0.1, 0.15) is 11.1 Å². The van der Waals surface area contributed by atoms with E-state index in [1.54, 1.807) is 19.1 Å². The Morgan fingerprint density at radius 2 is 1.50 bits per heavy atom. The van der Waals surface area contributed by atoms with E-state index in [0.29, 0.717) is 11.3 Å². The molecule has 0 fully saturated rings. The Hall–Kier alpha value is -2.76. The lowest BCUT2D eigenvalue weighted by atomic mass is 10.2. The molecule has 0 aromatic heterocycles. The topological polar surface area (TPSA) is 110 Å². The van der Waals surface area contributed by atoms with Crippen LogP contribution in [0.2, 0.25) is 0 Å². The molecular weight excluding hydrogens is 260 g/mol. The molecule has 20 heavy (non-hydrogen) atoms. The lowest BCUT2D eigenvalue weighted by Gasteiger charge is -1.97. The third kappa shape index (κ3) is 4.16. The van der Waals surface area contributed by atoms with Gasteiger partial charge in [0, 0.05) is 17.3 Å². The summed E-state index contributed by atoms with van der Waals surface area (Å²) in [6, 6.07) is 9.00. The summed E-state index contributed by atoms with van der Waals surface area (Å²) in [4.78, 5) is 9.75. The molecule has 2 aromatic carbocycles. The van der Waals surface area contributed by atoms with Crippen LogP contribution in [-0.4, -0.2) is 15.1 Å². The minimum absolute atomic E-state index is 0.0509. The SMILES string of the molecule is Cc1ccc(O)cc1N.Cc1ccc(O)cc1[N+](=O)[O-]. The van der Waals surface area contributed by atoms with Gasteiger partial charge in [-0.15, -0.1) is 0 Å². The number of anilines is 1. The molecule has 0 atom stereocenters. The summed E-state index contributed by atoms with van der Waals surface area (Å²) in [6.45, 7) is 3.52. The van der Waals surface area contributed by atoms with E-state index in [1.807, 2.05) is 6.92 Å². The van der Waals surface area contributed by atoms with Crippen molar-refractivity contribution in [1.82, 2.24) is 0 Å². The van der Waals surface area contributed by atoms with E-state index in [1.165, 1.54) is 18.2 Å². The number of hydrogen-bond acceptors (Lipinski definition) is 5. The van der Waals surface area contributed by atoms with Gasteiger partial charge in [-0.3, -0.25) is 10.1 Å². The lowest BCUT2D eigenvalue weighted by molar-refractivity contribution is -0.385. The van der Waals surface area contributed by atoms with Gasteiger partial charge in [-0.25, -0.2) is 0 Å². The number of phenols is 2. The van der Waals surface area contributed by atoms with Crippen molar-refractivity contribution in [3.63, 3.8) is 0 Å². The van der Waals surface area contributed by atoms with Gasteiger partial charge in [0.1, 0.15) is 11.5 Å². The second-order valence-corrected chi connectivity index (χ2v) is 4.27. The molecule has 0 saturated carbocycles. The number of nitro benzene ring substituents is 1. The molecule has 0 aliphatic rings. The first-order chi connectivity index (χ1) is 9.31. The van der Waals surface area contributed by atoms with E-state index in [0.717, 1.165) is 11.6 Å². The minimum atomic E-state index is -0.519. The highest BCUT2D eigenvalue weighted by atomic mass is 16.6. The molecule has 0 heterocycles. The first-order valence-corrected chi connectivity index (χ1v) is 5.80. The van der Waals surface area contributed by atoms with Crippen LogP contribution in [-0.2, 0) is 0 Å². The summed E-state index contributed by atoms with van der Waals surface area (Å²) < 4.78 is 0. The van der Waals surface area contributed by atoms with E-state index in [4.69, 9.17) is 15.9 Å². The van der Waals surface area contributed by atoms with E-state index in [9.17, 15) is 10.1 Å². The van der Waals surface area contributed by atoms with Crippen LogP contribution in [0, 0.1) is 24.0 Å². The number of nitrogens with zero attached hydrogens (tertiary/aromatic N) is 1. The summed E-state index contributed by atoms with van der Waals surface area (Å²) in [5.74, 6) is 0.139. The van der Waals surface area contributed by atoms with Gasteiger partial charge in [0.2, 0.25) is 0 Å². The zero-order valence-electron chi connectivity index (χ0n) is 11.2. The third-order valence-corrected chi connectivity index (χ3v) is 2.65. The fraction of sp³-hybridized carbons (Fsp3) is 0.143. The largest absolute Gasteiger partial charge is 0.508 e. The maximum atomic E-state index is 10.3. The van der Waals surface area contributed by atoms with E-state index < -0.39 is 4.92 Å². The van der Waals surface area contributed by atoms with Crippen molar-refractivity contribution in [2.75, 3.05) is 5.73 Å². The molecule has 0 unspecified atom stereocenters. The summed E-state index contributed by atoms with van der Waals surface area (Å²) >= 11 is 0. The fourth-order valence-corrected chi connectivity index (χ4v) is 1.42. The normalized spacial score (nSPS) is 9.50. The van der Waals surface area contributed by atoms with Crippen LogP contribution in [0.3, 0.4) is 0 Å². The molecule has 0 bridgehead atoms. The van der Waals surface area contributed by atoms with Gasteiger partial charge < -0.3 is 15.9 Å². The number of nitro groups is 1. The molecule has 2 aromatic rings. The first kappa shape index (κ1) is 15.3. The van der Waals surface area contributed by atoms with Crippen molar-refractivity contribution < 1.29 is 15.1 Å². The zero-order valence-corrected chi connectivity index (χ0v) is 11.2. The van der Waals surface area contributed by atoms with Crippen LogP contribution >= 0.6 is 0 Å². The highest BCUT2D eigenvalue weighted by Crippen LogP contribution is 2.22. The molecule has 6 heteroatoms. The molecule has 106 valence electrons. The molecule has 4 N–H and O–H groups in total. The van der Waals surface area contributed by atoms with Crippen molar-refractivity contribution in [1.29, 1.82) is 0 Å². The van der Waals surface area contributed by atoms with Crippen molar-refractivity contribution in [3.05, 3.63) is 57.6 Å². The van der Waals surface area contributed by atoms with Crippen molar-refractivity contribution in [2.45, 2.75) is 13.8 Å². The van der Waals surface area contributed by atoms with Crippen molar-refractivity contribution in [3.8, 4) is 11.5 Å². The molecule has 0 spiro atoms. The van der Waals surface area contributed by atoms with Gasteiger partial charge in [-0.2, -0.15) is 0 Å². The summed E-state index contributed by atoms with van der Waals surface area (Å²) in [6.07, 6.45) is 0. The molecule has 0 radical (unpaired) electrons. The van der Waals surface area contributed by atoms with Gasteiger partial charge >= 0.3 is 0 Å². The van der Waals surface area contributed by atoms with E-state index >= 15 is 0 Å². The Morgan fingerprint density at radius 3 is 1.90 bits per heavy atom. The average molecular weight is 276 g/mol. The highest BCUT2D eigenvalue weighted by molar-refractivity contribution is 5.50. The van der Waals surface area contributed by atoms with Gasteiger partial charge in [0.05, 0.1) is 11.0 Å². The highest BCUT2D eigenvalue weighted by Gasteiger charge is 2.09. The zero-order chi connectivity index (χ0) is 15.3. The Labute approximate surface area is 116 Å². The summed E-state index contributed by atoms with van der Waals surface area (Å²) in [7, 11) is 0. The fourth-order valence-electron chi connectivity index (χ4n) is 1.42. The van der Waals surface area contributed by atoms with Crippen molar-refractivity contribution >= 4 is 11.4 Å². The number of rotatable bonds is 1. The molecule has 6 nitrogen and oxygen atoms in total. The molecular formula is C14H16N2O4. The van der Waals surface area contributed by atoms with Crippen LogP contribution in [0.25, 0.3) is 0 Å². The first-order valence-electron chi connectivity index (χ1n) is 5.80. The second-order valence-electron chi connectivity index (χ2n) is 4.27. The second kappa shape index (κ2) is 6.42. The lowest BCUT2D eigenvalue weighted by Crippen LogP contribution is -1.90. The van der Waals surface area contributed by atoms with Crippen LogP contribution < -0.4 is 5.73 Å². The Bertz CT molecular complexity index is 627. The Balaban J connectivity index is 0.000000204. The van der Waals surface area contributed by atoms with Crippen molar-refractivity contribution in [2.24, 2.45) is 0 Å². The summed E-state index contributed by atoms with van der Waals surface area (Å²) in [5, 5.41) is 28.0. The standard InChI is InChI=1S/C7H7NO3.C7H9NO/c1-5-2-3-6(9)4-7(5)8(10)11;1-5-2-3-6(9)4-7(5)8/h2-4,9H,1H3;2-4,9H,8H2,1H3. The number of hydrogen-bond donors (Lipinski definition) is 3. The van der Waals surface area contributed by atoms with Crippen LogP contribution in [0.15, 0.2) is 36.4 Å². The predicted octanol–water partition coefficient (Wildman–Crippen LogP) is 2.89. The maximum Gasteiger partial charge on any atom is 0.275 e. The van der Waals surface area contributed by atoms with Crippen LogP contribution in [0.4, 0.5) is 11.4 Å². The monoisotopic (exact) mass is 276 g/mol. The third-order valence-electron chi connectivity index (χ3n) is 2.65. The van der Waals surface area contributed by atoms with Gasteiger partial charge in [-0.1, -0.05) is 6.07 Å². The minimum Gasteiger partial charge on any atom is -0.508 e. The Morgan fingerprint density at radius 1 is 1.00 bits per heavy atom. The smallest absolute Gasteiger partial charge is 0.275 e. The number of aryl methyl sites for hydroxylation is 2. The van der Waals surface area contributed by atoms with Crippen LogP contribution in [0.5, 0.6) is 11.5 Å². The number of aromatic hydroxyl groups is 2. The molecule has 0 saturated heterocycles. The summed E-state index contributed by atoms with van der Waals surface area (Å²) in [5.41, 5.74) is 7.59. The molecule has 2 rings (SSSR count). The maximum absolute atomic E-state index is 10.3. The quantitative estimate of drug-likeness (QED) is 0.421. The molecule has 0 amide bonds. The average Bonchev–Trinajstić information content (AvgIpc) is 2.38. The van der Waals surface area contributed by atoms with E-state index in [2.05, 4.69) is 0 Å². The molecule has 0 aliphatic carbocycles. The number of phenolic OH excluding ortho intramolecular Hbond substituents is 2. The predicted molar refractivity (Wildman–Crippen MR) is 76.8 cm³/mol. The number of nitrogen functional groups attached to an aromatic ring is 1. The number of nitrogens with two attached hydrogens (primary N) is 1. The van der Waals surface area contributed by atoms with E-state index in [-0.39, 0.29) is 17.2 Å². The van der Waals surface area contributed by atoms with Gasteiger partial charge in [-0.05, 0) is 37.6 Å². The van der Waals surface area contributed by atoms with Gasteiger partial charge in [0.15, 0.2) is 0 Å².